The highest BCUT2D eigenvalue weighted by Gasteiger charge is 2.07. The summed E-state index contributed by atoms with van der Waals surface area (Å²) in [5.74, 6) is 1.24. The predicted octanol–water partition coefficient (Wildman–Crippen LogP) is 4.01. The number of rotatable bonds is 5. The summed E-state index contributed by atoms with van der Waals surface area (Å²) in [4.78, 5) is 6.49. The highest BCUT2D eigenvalue weighted by molar-refractivity contribution is 9.10. The third-order valence-electron chi connectivity index (χ3n) is 3.25. The minimum absolute atomic E-state index is 0.578. The standard InChI is InChI=1S/C17H16BrN5/c1-23(12-13-6-3-2-4-7-13)17-21-16(11-19-22-17)20-15-9-5-8-14(18)10-15/h2-11H,12H2,1H3,(H,20,21,22). The molecule has 0 unspecified atom stereocenters. The van der Waals surface area contributed by atoms with Gasteiger partial charge in [0.1, 0.15) is 0 Å². The molecule has 1 aromatic heterocycles. The molecule has 0 aliphatic heterocycles. The van der Waals surface area contributed by atoms with E-state index in [0.717, 1.165) is 16.7 Å². The lowest BCUT2D eigenvalue weighted by atomic mass is 10.2. The van der Waals surface area contributed by atoms with Crippen LogP contribution < -0.4 is 10.2 Å². The summed E-state index contributed by atoms with van der Waals surface area (Å²) in [7, 11) is 1.95. The average Bonchev–Trinajstić information content (AvgIpc) is 2.56. The molecule has 5 nitrogen and oxygen atoms in total. The topological polar surface area (TPSA) is 53.9 Å². The zero-order valence-electron chi connectivity index (χ0n) is 12.6. The SMILES string of the molecule is CN(Cc1ccccc1)c1nncc(Nc2cccc(Br)c2)n1. The van der Waals surface area contributed by atoms with E-state index in [1.54, 1.807) is 6.20 Å². The third-order valence-corrected chi connectivity index (χ3v) is 3.74. The van der Waals surface area contributed by atoms with Crippen LogP contribution in [0.25, 0.3) is 0 Å². The van der Waals surface area contributed by atoms with Crippen molar-refractivity contribution in [2.75, 3.05) is 17.3 Å². The molecule has 23 heavy (non-hydrogen) atoms. The highest BCUT2D eigenvalue weighted by atomic mass is 79.9. The van der Waals surface area contributed by atoms with Gasteiger partial charge in [0.25, 0.3) is 0 Å². The van der Waals surface area contributed by atoms with Crippen molar-refractivity contribution in [2.45, 2.75) is 6.54 Å². The molecule has 2 aromatic carbocycles. The highest BCUT2D eigenvalue weighted by Crippen LogP contribution is 2.20. The second-order valence-corrected chi connectivity index (χ2v) is 6.03. The van der Waals surface area contributed by atoms with Crippen molar-refractivity contribution in [3.8, 4) is 0 Å². The summed E-state index contributed by atoms with van der Waals surface area (Å²) < 4.78 is 1.01. The Bertz CT molecular complexity index is 779. The molecule has 6 heteroatoms. The van der Waals surface area contributed by atoms with Crippen LogP contribution >= 0.6 is 15.9 Å². The van der Waals surface area contributed by atoms with E-state index in [9.17, 15) is 0 Å². The van der Waals surface area contributed by atoms with Gasteiger partial charge in [0, 0.05) is 23.8 Å². The molecule has 0 aliphatic rings. The summed E-state index contributed by atoms with van der Waals surface area (Å²) in [6.45, 7) is 0.725. The molecule has 0 bridgehead atoms. The Kier molecular flexibility index (Phi) is 4.83. The normalized spacial score (nSPS) is 10.3. The van der Waals surface area contributed by atoms with Gasteiger partial charge < -0.3 is 10.2 Å². The largest absolute Gasteiger partial charge is 0.339 e. The first kappa shape index (κ1) is 15.4. The van der Waals surface area contributed by atoms with Crippen molar-refractivity contribution in [3.63, 3.8) is 0 Å². The van der Waals surface area contributed by atoms with Gasteiger partial charge in [-0.15, -0.1) is 5.10 Å². The summed E-state index contributed by atoms with van der Waals surface area (Å²) in [5.41, 5.74) is 2.14. The fourth-order valence-corrected chi connectivity index (χ4v) is 2.56. The van der Waals surface area contributed by atoms with Crippen LogP contribution in [0.5, 0.6) is 0 Å². The molecule has 116 valence electrons. The fourth-order valence-electron chi connectivity index (χ4n) is 2.16. The van der Waals surface area contributed by atoms with E-state index in [-0.39, 0.29) is 0 Å². The van der Waals surface area contributed by atoms with Crippen LogP contribution in [0.2, 0.25) is 0 Å². The molecule has 3 aromatic rings. The smallest absolute Gasteiger partial charge is 0.247 e. The Labute approximate surface area is 143 Å². The quantitative estimate of drug-likeness (QED) is 0.735. The van der Waals surface area contributed by atoms with Crippen molar-refractivity contribution in [1.29, 1.82) is 0 Å². The molecular weight excluding hydrogens is 354 g/mol. The molecule has 1 N–H and O–H groups in total. The van der Waals surface area contributed by atoms with Gasteiger partial charge in [0.05, 0.1) is 6.20 Å². The number of nitrogens with one attached hydrogen (secondary N) is 1. The molecule has 1 heterocycles. The minimum atomic E-state index is 0.578. The molecule has 0 saturated heterocycles. The Morgan fingerprint density at radius 3 is 2.70 bits per heavy atom. The molecule has 0 amide bonds. The monoisotopic (exact) mass is 369 g/mol. The van der Waals surface area contributed by atoms with Crippen molar-refractivity contribution in [3.05, 3.63) is 70.8 Å². The van der Waals surface area contributed by atoms with E-state index in [1.807, 2.05) is 54.4 Å². The number of aromatic nitrogens is 3. The predicted molar refractivity (Wildman–Crippen MR) is 95.8 cm³/mol. The summed E-state index contributed by atoms with van der Waals surface area (Å²) >= 11 is 3.45. The van der Waals surface area contributed by atoms with Crippen LogP contribution in [0.15, 0.2) is 65.3 Å². The maximum atomic E-state index is 4.52. The lowest BCUT2D eigenvalue weighted by Crippen LogP contribution is -2.19. The van der Waals surface area contributed by atoms with E-state index in [1.165, 1.54) is 5.56 Å². The Morgan fingerprint density at radius 1 is 1.09 bits per heavy atom. The first-order valence-corrected chi connectivity index (χ1v) is 7.97. The molecule has 0 atom stereocenters. The Hall–Kier alpha value is -2.47. The fraction of sp³-hybridized carbons (Fsp3) is 0.118. The second-order valence-electron chi connectivity index (χ2n) is 5.12. The van der Waals surface area contributed by atoms with Crippen molar-refractivity contribution < 1.29 is 0 Å². The number of benzene rings is 2. The summed E-state index contributed by atoms with van der Waals surface area (Å²) in [6.07, 6.45) is 1.61. The maximum absolute atomic E-state index is 4.52. The second kappa shape index (κ2) is 7.19. The van der Waals surface area contributed by atoms with Gasteiger partial charge in [0.15, 0.2) is 5.82 Å². The van der Waals surface area contributed by atoms with Gasteiger partial charge in [-0.05, 0) is 23.8 Å². The van der Waals surface area contributed by atoms with Crippen LogP contribution in [0.4, 0.5) is 17.5 Å². The van der Waals surface area contributed by atoms with E-state index >= 15 is 0 Å². The Balaban J connectivity index is 1.74. The van der Waals surface area contributed by atoms with Crippen LogP contribution in [-0.4, -0.2) is 22.2 Å². The first-order chi connectivity index (χ1) is 11.2. The molecule has 0 radical (unpaired) electrons. The van der Waals surface area contributed by atoms with Crippen LogP contribution in [0.1, 0.15) is 5.56 Å². The van der Waals surface area contributed by atoms with E-state index in [0.29, 0.717) is 11.8 Å². The molecule has 3 rings (SSSR count). The van der Waals surface area contributed by atoms with Crippen molar-refractivity contribution in [1.82, 2.24) is 15.2 Å². The van der Waals surface area contributed by atoms with E-state index < -0.39 is 0 Å². The van der Waals surface area contributed by atoms with Gasteiger partial charge in [-0.1, -0.05) is 52.3 Å². The zero-order chi connectivity index (χ0) is 16.1. The third kappa shape index (κ3) is 4.26. The van der Waals surface area contributed by atoms with Gasteiger partial charge in [-0.25, -0.2) is 0 Å². The van der Waals surface area contributed by atoms with Gasteiger partial charge in [-0.2, -0.15) is 10.1 Å². The number of anilines is 3. The van der Waals surface area contributed by atoms with Gasteiger partial charge in [-0.3, -0.25) is 0 Å². The van der Waals surface area contributed by atoms with Crippen molar-refractivity contribution >= 4 is 33.4 Å². The average molecular weight is 370 g/mol. The molecule has 0 saturated carbocycles. The van der Waals surface area contributed by atoms with E-state index in [4.69, 9.17) is 0 Å². The van der Waals surface area contributed by atoms with Crippen molar-refractivity contribution in [2.24, 2.45) is 0 Å². The molecule has 0 aliphatic carbocycles. The number of halogens is 1. The van der Waals surface area contributed by atoms with Crippen LogP contribution in [0, 0.1) is 0 Å². The number of nitrogens with zero attached hydrogens (tertiary/aromatic N) is 4. The number of hydrogen-bond donors (Lipinski definition) is 1. The first-order valence-electron chi connectivity index (χ1n) is 7.18. The van der Waals surface area contributed by atoms with Gasteiger partial charge >= 0.3 is 0 Å². The Morgan fingerprint density at radius 2 is 1.91 bits per heavy atom. The van der Waals surface area contributed by atoms with Gasteiger partial charge in [0.2, 0.25) is 5.95 Å². The van der Waals surface area contributed by atoms with Crippen LogP contribution in [-0.2, 0) is 6.54 Å². The number of hydrogen-bond acceptors (Lipinski definition) is 5. The summed E-state index contributed by atoms with van der Waals surface area (Å²) in [6, 6.07) is 18.1. The van der Waals surface area contributed by atoms with E-state index in [2.05, 4.69) is 48.6 Å². The molecular formula is C17H16BrN5. The molecule has 0 spiro atoms. The lowest BCUT2D eigenvalue weighted by Gasteiger charge is -2.17. The maximum Gasteiger partial charge on any atom is 0.247 e. The minimum Gasteiger partial charge on any atom is -0.339 e. The zero-order valence-corrected chi connectivity index (χ0v) is 14.2. The summed E-state index contributed by atoms with van der Waals surface area (Å²) in [5, 5.41) is 11.4. The van der Waals surface area contributed by atoms with Crippen LogP contribution in [0.3, 0.4) is 0 Å². The molecule has 0 fully saturated rings. The lowest BCUT2D eigenvalue weighted by molar-refractivity contribution is 0.831.